The van der Waals surface area contributed by atoms with Gasteiger partial charge in [-0.1, -0.05) is 20.8 Å². The molecule has 1 N–H and O–H groups in total. The Kier molecular flexibility index (Phi) is 4.71. The smallest absolute Gasteiger partial charge is 0.142 e. The molecule has 4 nitrogen and oxygen atoms in total. The molecule has 104 valence electrons. The number of aromatic nitrogens is 3. The number of imidazole rings is 1. The van der Waals surface area contributed by atoms with Crippen LogP contribution in [-0.2, 0) is 20.0 Å². The molecular weight excluding hydrogens is 256 g/mol. The molecule has 0 aliphatic carbocycles. The zero-order valence-corrected chi connectivity index (χ0v) is 12.9. The summed E-state index contributed by atoms with van der Waals surface area (Å²) in [6.07, 6.45) is 4.68. The molecule has 2 aromatic heterocycles. The van der Waals surface area contributed by atoms with Crippen LogP contribution in [0.4, 0.5) is 0 Å². The van der Waals surface area contributed by atoms with Crippen molar-refractivity contribution in [1.29, 1.82) is 0 Å². The van der Waals surface area contributed by atoms with E-state index in [1.165, 1.54) is 10.6 Å². The molecule has 0 aromatic carbocycles. The van der Waals surface area contributed by atoms with Crippen LogP contribution in [0.25, 0.3) is 10.7 Å². The fourth-order valence-electron chi connectivity index (χ4n) is 1.94. The molecule has 0 amide bonds. The van der Waals surface area contributed by atoms with E-state index in [2.05, 4.69) is 31.1 Å². The van der Waals surface area contributed by atoms with E-state index in [0.29, 0.717) is 5.92 Å². The van der Waals surface area contributed by atoms with Crippen LogP contribution >= 0.6 is 11.3 Å². The first-order valence-electron chi connectivity index (χ1n) is 6.77. The SMILES string of the molecule is CCc1nc(-c2cncn2C)sc1CNCC(C)C. The summed E-state index contributed by atoms with van der Waals surface area (Å²) >= 11 is 1.77. The van der Waals surface area contributed by atoms with Gasteiger partial charge in [-0.05, 0) is 18.9 Å². The van der Waals surface area contributed by atoms with Gasteiger partial charge in [0.25, 0.3) is 0 Å². The van der Waals surface area contributed by atoms with Crippen molar-refractivity contribution >= 4 is 11.3 Å². The van der Waals surface area contributed by atoms with Gasteiger partial charge in [0.2, 0.25) is 0 Å². The Hall–Kier alpha value is -1.20. The monoisotopic (exact) mass is 278 g/mol. The first kappa shape index (κ1) is 14.2. The van der Waals surface area contributed by atoms with Gasteiger partial charge in [-0.2, -0.15) is 0 Å². The zero-order chi connectivity index (χ0) is 13.8. The van der Waals surface area contributed by atoms with Crippen LogP contribution in [0, 0.1) is 5.92 Å². The maximum atomic E-state index is 4.75. The number of aryl methyl sites for hydroxylation is 2. The van der Waals surface area contributed by atoms with Crippen LogP contribution < -0.4 is 5.32 Å². The molecule has 0 aliphatic heterocycles. The summed E-state index contributed by atoms with van der Waals surface area (Å²) in [6, 6.07) is 0. The number of nitrogens with zero attached hydrogens (tertiary/aromatic N) is 3. The van der Waals surface area contributed by atoms with Crippen molar-refractivity contribution in [1.82, 2.24) is 19.9 Å². The lowest BCUT2D eigenvalue weighted by Crippen LogP contribution is -2.18. The summed E-state index contributed by atoms with van der Waals surface area (Å²) in [5, 5.41) is 4.56. The van der Waals surface area contributed by atoms with Crippen LogP contribution in [0.1, 0.15) is 31.3 Å². The van der Waals surface area contributed by atoms with Crippen molar-refractivity contribution < 1.29 is 0 Å². The summed E-state index contributed by atoms with van der Waals surface area (Å²) in [7, 11) is 2.01. The van der Waals surface area contributed by atoms with E-state index in [9.17, 15) is 0 Å². The average molecular weight is 278 g/mol. The van der Waals surface area contributed by atoms with Gasteiger partial charge in [0.15, 0.2) is 0 Å². The number of rotatable bonds is 6. The van der Waals surface area contributed by atoms with E-state index in [-0.39, 0.29) is 0 Å². The molecule has 0 radical (unpaired) electrons. The van der Waals surface area contributed by atoms with E-state index in [0.717, 1.165) is 30.2 Å². The predicted octanol–water partition coefficient (Wildman–Crippen LogP) is 2.85. The Labute approximate surface area is 118 Å². The molecule has 0 saturated heterocycles. The highest BCUT2D eigenvalue weighted by molar-refractivity contribution is 7.15. The van der Waals surface area contributed by atoms with Gasteiger partial charge in [0.05, 0.1) is 23.9 Å². The molecule has 5 heteroatoms. The van der Waals surface area contributed by atoms with Crippen LogP contribution in [-0.4, -0.2) is 21.1 Å². The standard InChI is InChI=1S/C14H22N4S/c1-5-11-13(8-15-6-10(2)3)19-14(17-11)12-7-16-9-18(12)4/h7,9-10,15H,5-6,8H2,1-4H3. The number of hydrogen-bond donors (Lipinski definition) is 1. The predicted molar refractivity (Wildman–Crippen MR) is 80.2 cm³/mol. The maximum absolute atomic E-state index is 4.75. The van der Waals surface area contributed by atoms with E-state index in [4.69, 9.17) is 4.98 Å². The lowest BCUT2D eigenvalue weighted by Gasteiger charge is -2.06. The first-order valence-corrected chi connectivity index (χ1v) is 7.59. The first-order chi connectivity index (χ1) is 9.11. The fourth-order valence-corrected chi connectivity index (χ4v) is 3.12. The Morgan fingerprint density at radius 2 is 2.21 bits per heavy atom. The Morgan fingerprint density at radius 3 is 2.79 bits per heavy atom. The molecule has 19 heavy (non-hydrogen) atoms. The van der Waals surface area contributed by atoms with Crippen molar-refractivity contribution in [2.45, 2.75) is 33.7 Å². The summed E-state index contributed by atoms with van der Waals surface area (Å²) in [6.45, 7) is 8.57. The van der Waals surface area contributed by atoms with Crippen LogP contribution in [0.3, 0.4) is 0 Å². The molecule has 0 saturated carbocycles. The summed E-state index contributed by atoms with van der Waals surface area (Å²) < 4.78 is 2.02. The molecule has 0 aliphatic rings. The molecule has 0 unspecified atom stereocenters. The third-order valence-corrected chi connectivity index (χ3v) is 4.11. The van der Waals surface area contributed by atoms with Gasteiger partial charge < -0.3 is 9.88 Å². The normalized spacial score (nSPS) is 11.4. The third-order valence-electron chi connectivity index (χ3n) is 2.99. The molecular formula is C14H22N4S. The van der Waals surface area contributed by atoms with Gasteiger partial charge in [0, 0.05) is 18.5 Å². The minimum absolute atomic E-state index is 0.676. The van der Waals surface area contributed by atoms with Crippen LogP contribution in [0.2, 0.25) is 0 Å². The Bertz CT molecular complexity index is 527. The van der Waals surface area contributed by atoms with Gasteiger partial charge >= 0.3 is 0 Å². The van der Waals surface area contributed by atoms with Gasteiger partial charge in [-0.25, -0.2) is 9.97 Å². The second kappa shape index (κ2) is 6.30. The summed E-state index contributed by atoms with van der Waals surface area (Å²) in [5.74, 6) is 0.676. The largest absolute Gasteiger partial charge is 0.332 e. The van der Waals surface area contributed by atoms with E-state index >= 15 is 0 Å². The highest BCUT2D eigenvalue weighted by atomic mass is 32.1. The summed E-state index contributed by atoms with van der Waals surface area (Å²) in [5.41, 5.74) is 2.30. The van der Waals surface area contributed by atoms with Crippen molar-refractivity contribution in [3.8, 4) is 10.7 Å². The molecule has 2 heterocycles. The van der Waals surface area contributed by atoms with Gasteiger partial charge in [-0.3, -0.25) is 0 Å². The molecule has 0 atom stereocenters. The molecule has 0 spiro atoms. The Morgan fingerprint density at radius 1 is 1.42 bits per heavy atom. The maximum Gasteiger partial charge on any atom is 0.142 e. The molecule has 2 rings (SSSR count). The van der Waals surface area contributed by atoms with E-state index in [1.807, 2.05) is 24.1 Å². The van der Waals surface area contributed by atoms with Crippen LogP contribution in [0.5, 0.6) is 0 Å². The summed E-state index contributed by atoms with van der Waals surface area (Å²) in [4.78, 5) is 10.3. The van der Waals surface area contributed by atoms with Crippen molar-refractivity contribution in [2.75, 3.05) is 6.54 Å². The minimum Gasteiger partial charge on any atom is -0.332 e. The molecule has 2 aromatic rings. The van der Waals surface area contributed by atoms with Gasteiger partial charge in [-0.15, -0.1) is 11.3 Å². The lowest BCUT2D eigenvalue weighted by molar-refractivity contribution is 0.553. The average Bonchev–Trinajstić information content (AvgIpc) is 2.94. The number of nitrogens with one attached hydrogen (secondary N) is 1. The quantitative estimate of drug-likeness (QED) is 0.883. The van der Waals surface area contributed by atoms with Crippen molar-refractivity contribution in [3.05, 3.63) is 23.1 Å². The fraction of sp³-hybridized carbons (Fsp3) is 0.571. The van der Waals surface area contributed by atoms with Crippen molar-refractivity contribution in [2.24, 2.45) is 13.0 Å². The van der Waals surface area contributed by atoms with Crippen molar-refractivity contribution in [3.63, 3.8) is 0 Å². The second-order valence-corrected chi connectivity index (χ2v) is 6.24. The second-order valence-electron chi connectivity index (χ2n) is 5.16. The minimum atomic E-state index is 0.676. The third kappa shape index (κ3) is 3.42. The Balaban J connectivity index is 2.16. The van der Waals surface area contributed by atoms with E-state index in [1.54, 1.807) is 11.3 Å². The van der Waals surface area contributed by atoms with Gasteiger partial charge in [0.1, 0.15) is 5.01 Å². The molecule has 0 fully saturated rings. The zero-order valence-electron chi connectivity index (χ0n) is 12.1. The highest BCUT2D eigenvalue weighted by Crippen LogP contribution is 2.27. The molecule has 0 bridgehead atoms. The number of hydrogen-bond acceptors (Lipinski definition) is 4. The highest BCUT2D eigenvalue weighted by Gasteiger charge is 2.13. The number of thiazole rings is 1. The van der Waals surface area contributed by atoms with E-state index < -0.39 is 0 Å². The topological polar surface area (TPSA) is 42.7 Å². The van der Waals surface area contributed by atoms with Crippen LogP contribution in [0.15, 0.2) is 12.5 Å². The lowest BCUT2D eigenvalue weighted by atomic mass is 10.2.